The quantitative estimate of drug-likeness (QED) is 0.669. The minimum absolute atomic E-state index is 0.0413. The number of benzene rings is 2. The van der Waals surface area contributed by atoms with Crippen LogP contribution in [0.4, 0.5) is 11.4 Å². The van der Waals surface area contributed by atoms with Gasteiger partial charge in [0, 0.05) is 18.6 Å². The number of aryl methyl sites for hydroxylation is 1. The number of aliphatic hydroxyl groups excluding tert-OH is 1. The maximum atomic E-state index is 10.9. The first-order valence-electron chi connectivity index (χ1n) is 6.94. The minimum atomic E-state index is -0.553. The molecule has 22 heavy (non-hydrogen) atoms. The van der Waals surface area contributed by atoms with Crippen molar-refractivity contribution in [2.75, 3.05) is 5.32 Å². The van der Waals surface area contributed by atoms with Gasteiger partial charge >= 0.3 is 0 Å². The van der Waals surface area contributed by atoms with Crippen LogP contribution in [-0.2, 0) is 6.42 Å². The third kappa shape index (κ3) is 2.53. The van der Waals surface area contributed by atoms with E-state index in [1.807, 2.05) is 24.3 Å². The average molecular weight is 319 g/mol. The summed E-state index contributed by atoms with van der Waals surface area (Å²) in [6.07, 6.45) is 0.0281. The zero-order chi connectivity index (χ0) is 15.9. The largest absolute Gasteiger partial charge is 0.390 e. The molecule has 0 aromatic heterocycles. The summed E-state index contributed by atoms with van der Waals surface area (Å²) >= 11 is 6.18. The van der Waals surface area contributed by atoms with Gasteiger partial charge in [-0.25, -0.2) is 0 Å². The van der Waals surface area contributed by atoms with Gasteiger partial charge in [0.15, 0.2) is 0 Å². The van der Waals surface area contributed by atoms with Crippen molar-refractivity contribution in [2.24, 2.45) is 0 Å². The van der Waals surface area contributed by atoms with Crippen LogP contribution in [0.3, 0.4) is 0 Å². The van der Waals surface area contributed by atoms with Crippen molar-refractivity contribution < 1.29 is 10.0 Å². The van der Waals surface area contributed by atoms with Gasteiger partial charge < -0.3 is 10.4 Å². The van der Waals surface area contributed by atoms with E-state index in [9.17, 15) is 15.2 Å². The second-order valence-corrected chi connectivity index (χ2v) is 5.88. The zero-order valence-corrected chi connectivity index (χ0v) is 12.7. The summed E-state index contributed by atoms with van der Waals surface area (Å²) in [7, 11) is 0. The topological polar surface area (TPSA) is 75.4 Å². The van der Waals surface area contributed by atoms with Gasteiger partial charge in [-0.05, 0) is 23.6 Å². The van der Waals surface area contributed by atoms with Crippen molar-refractivity contribution in [3.8, 4) is 0 Å². The fourth-order valence-electron chi connectivity index (χ4n) is 2.92. The monoisotopic (exact) mass is 318 g/mol. The van der Waals surface area contributed by atoms with Crippen LogP contribution in [-0.4, -0.2) is 16.1 Å². The van der Waals surface area contributed by atoms with E-state index in [2.05, 4.69) is 5.32 Å². The standard InChI is InChI=1S/C16H15ClN2O3/c1-9-6-11(19(21)22)8-13(17)15(9)18-16-12-5-3-2-4-10(12)7-14(16)20/h2-6,8,14,16,18,20H,7H2,1H3/t14-,16+/m0/s1. The molecule has 1 aliphatic carbocycles. The molecule has 0 saturated heterocycles. The summed E-state index contributed by atoms with van der Waals surface area (Å²) in [6, 6.07) is 10.4. The van der Waals surface area contributed by atoms with Gasteiger partial charge in [0.2, 0.25) is 0 Å². The molecule has 0 fully saturated rings. The maximum Gasteiger partial charge on any atom is 0.271 e. The molecule has 6 heteroatoms. The number of nitro groups is 1. The Balaban J connectivity index is 1.96. The summed E-state index contributed by atoms with van der Waals surface area (Å²) in [5, 5.41) is 24.7. The third-order valence-electron chi connectivity index (χ3n) is 3.99. The summed E-state index contributed by atoms with van der Waals surface area (Å²) in [4.78, 5) is 10.4. The fraction of sp³-hybridized carbons (Fsp3) is 0.250. The molecule has 0 aliphatic heterocycles. The van der Waals surface area contributed by atoms with Crippen LogP contribution in [0.25, 0.3) is 0 Å². The Morgan fingerprint density at radius 1 is 1.36 bits per heavy atom. The van der Waals surface area contributed by atoms with E-state index < -0.39 is 11.0 Å². The SMILES string of the molecule is Cc1cc([N+](=O)[O-])cc(Cl)c1N[C@@H]1c2ccccc2C[C@@H]1O. The summed E-state index contributed by atoms with van der Waals surface area (Å²) < 4.78 is 0. The highest BCUT2D eigenvalue weighted by Gasteiger charge is 2.31. The van der Waals surface area contributed by atoms with Crippen LogP contribution in [0.2, 0.25) is 5.02 Å². The molecule has 1 aliphatic rings. The maximum absolute atomic E-state index is 10.9. The molecule has 114 valence electrons. The Labute approximate surface area is 132 Å². The molecule has 0 unspecified atom stereocenters. The molecule has 0 amide bonds. The number of fused-ring (bicyclic) bond motifs is 1. The average Bonchev–Trinajstić information content (AvgIpc) is 2.78. The van der Waals surface area contributed by atoms with Gasteiger partial charge in [-0.15, -0.1) is 0 Å². The first kappa shape index (κ1) is 14.8. The van der Waals surface area contributed by atoms with Crippen LogP contribution >= 0.6 is 11.6 Å². The predicted octanol–water partition coefficient (Wildman–Crippen LogP) is 3.63. The van der Waals surface area contributed by atoms with E-state index in [1.54, 1.807) is 6.92 Å². The predicted molar refractivity (Wildman–Crippen MR) is 85.4 cm³/mol. The molecule has 2 aromatic rings. The molecule has 0 spiro atoms. The molecule has 5 nitrogen and oxygen atoms in total. The Morgan fingerprint density at radius 2 is 2.09 bits per heavy atom. The van der Waals surface area contributed by atoms with Crippen LogP contribution in [0.1, 0.15) is 22.7 Å². The lowest BCUT2D eigenvalue weighted by Gasteiger charge is -2.21. The number of halogens is 1. The van der Waals surface area contributed by atoms with Gasteiger partial charge in [0.1, 0.15) is 0 Å². The number of rotatable bonds is 3. The molecule has 0 saturated carbocycles. The van der Waals surface area contributed by atoms with E-state index in [0.717, 1.165) is 11.1 Å². The molecule has 2 N–H and O–H groups in total. The van der Waals surface area contributed by atoms with E-state index >= 15 is 0 Å². The van der Waals surface area contributed by atoms with E-state index in [-0.39, 0.29) is 16.8 Å². The Bertz CT molecular complexity index is 725. The summed E-state index contributed by atoms with van der Waals surface area (Å²) in [5.74, 6) is 0. The number of nitro benzene ring substituents is 1. The van der Waals surface area contributed by atoms with Gasteiger partial charge in [0.25, 0.3) is 5.69 Å². The molecule has 0 radical (unpaired) electrons. The normalized spacial score (nSPS) is 19.8. The van der Waals surface area contributed by atoms with Crippen molar-refractivity contribution in [3.05, 3.63) is 68.2 Å². The van der Waals surface area contributed by atoms with Gasteiger partial charge in [-0.3, -0.25) is 10.1 Å². The van der Waals surface area contributed by atoms with Gasteiger partial charge in [-0.1, -0.05) is 35.9 Å². The molecule has 2 aromatic carbocycles. The second kappa shape index (κ2) is 5.59. The highest BCUT2D eigenvalue weighted by atomic mass is 35.5. The minimum Gasteiger partial charge on any atom is -0.390 e. The summed E-state index contributed by atoms with van der Waals surface area (Å²) in [5.41, 5.74) is 3.39. The Hall–Kier alpha value is -2.11. The number of aliphatic hydroxyl groups is 1. The lowest BCUT2D eigenvalue weighted by atomic mass is 10.1. The Kier molecular flexibility index (Phi) is 3.76. The molecule has 3 rings (SSSR count). The van der Waals surface area contributed by atoms with E-state index in [4.69, 9.17) is 11.6 Å². The van der Waals surface area contributed by atoms with Crippen molar-refractivity contribution in [3.63, 3.8) is 0 Å². The van der Waals surface area contributed by atoms with E-state index in [0.29, 0.717) is 17.7 Å². The molecule has 0 heterocycles. The van der Waals surface area contributed by atoms with Crippen LogP contribution in [0, 0.1) is 17.0 Å². The number of hydrogen-bond acceptors (Lipinski definition) is 4. The van der Waals surface area contributed by atoms with Crippen LogP contribution < -0.4 is 5.32 Å². The van der Waals surface area contributed by atoms with Crippen molar-refractivity contribution >= 4 is 23.0 Å². The van der Waals surface area contributed by atoms with Crippen molar-refractivity contribution in [2.45, 2.75) is 25.5 Å². The molecular weight excluding hydrogens is 304 g/mol. The van der Waals surface area contributed by atoms with Gasteiger partial charge in [0.05, 0.1) is 27.8 Å². The fourth-order valence-corrected chi connectivity index (χ4v) is 3.23. The highest BCUT2D eigenvalue weighted by Crippen LogP contribution is 2.38. The van der Waals surface area contributed by atoms with Crippen LogP contribution in [0.15, 0.2) is 36.4 Å². The summed E-state index contributed by atoms with van der Waals surface area (Å²) in [6.45, 7) is 1.76. The first-order valence-corrected chi connectivity index (χ1v) is 7.32. The number of nitrogens with zero attached hydrogens (tertiary/aromatic N) is 1. The lowest BCUT2D eigenvalue weighted by molar-refractivity contribution is -0.384. The van der Waals surface area contributed by atoms with Gasteiger partial charge in [-0.2, -0.15) is 0 Å². The number of nitrogens with one attached hydrogen (secondary N) is 1. The Morgan fingerprint density at radius 3 is 2.77 bits per heavy atom. The molecular formula is C16H15ClN2O3. The zero-order valence-electron chi connectivity index (χ0n) is 11.9. The molecule has 2 atom stereocenters. The smallest absolute Gasteiger partial charge is 0.271 e. The number of non-ortho nitro benzene ring substituents is 1. The lowest BCUT2D eigenvalue weighted by Crippen LogP contribution is -2.21. The first-order chi connectivity index (χ1) is 10.5. The van der Waals surface area contributed by atoms with Crippen molar-refractivity contribution in [1.82, 2.24) is 0 Å². The highest BCUT2D eigenvalue weighted by molar-refractivity contribution is 6.33. The number of hydrogen-bond donors (Lipinski definition) is 2. The molecule has 0 bridgehead atoms. The second-order valence-electron chi connectivity index (χ2n) is 5.47. The van der Waals surface area contributed by atoms with E-state index in [1.165, 1.54) is 12.1 Å². The third-order valence-corrected chi connectivity index (χ3v) is 4.28. The van der Waals surface area contributed by atoms with Crippen LogP contribution in [0.5, 0.6) is 0 Å². The number of anilines is 1. The van der Waals surface area contributed by atoms with Crippen molar-refractivity contribution in [1.29, 1.82) is 0 Å².